The van der Waals surface area contributed by atoms with Gasteiger partial charge in [-0.05, 0) is 12.5 Å². The molecule has 24 heavy (non-hydrogen) atoms. The second-order valence-corrected chi connectivity index (χ2v) is 5.52. The lowest BCUT2D eigenvalue weighted by molar-refractivity contribution is -0.274. The molecule has 1 aliphatic heterocycles. The normalized spacial score (nSPS) is 25.1. The van der Waals surface area contributed by atoms with E-state index >= 15 is 0 Å². The summed E-state index contributed by atoms with van der Waals surface area (Å²) in [5.41, 5.74) is 5.91. The number of alkyl halides is 6. The predicted molar refractivity (Wildman–Crippen MR) is 72.4 cm³/mol. The fraction of sp³-hybridized carbons (Fsp3) is 0.500. The Morgan fingerprint density at radius 1 is 1.04 bits per heavy atom. The molecule has 134 valence electrons. The van der Waals surface area contributed by atoms with Crippen LogP contribution in [0.1, 0.15) is 18.4 Å². The van der Waals surface area contributed by atoms with Gasteiger partial charge in [0.2, 0.25) is 11.8 Å². The third kappa shape index (κ3) is 3.99. The highest BCUT2D eigenvalue weighted by atomic mass is 19.4. The van der Waals surface area contributed by atoms with Gasteiger partial charge >= 0.3 is 12.4 Å². The van der Waals surface area contributed by atoms with Crippen LogP contribution in [-0.4, -0.2) is 30.5 Å². The lowest BCUT2D eigenvalue weighted by atomic mass is 9.91. The van der Waals surface area contributed by atoms with E-state index in [1.165, 1.54) is 0 Å². The van der Waals surface area contributed by atoms with Gasteiger partial charge in [-0.1, -0.05) is 30.3 Å². The highest BCUT2D eigenvalue weighted by Crippen LogP contribution is 2.39. The molecule has 1 heterocycles. The molecule has 1 amide bonds. The van der Waals surface area contributed by atoms with Gasteiger partial charge in [-0.2, -0.15) is 26.3 Å². The number of hydrogen-bond acceptors (Lipinski definition) is 3. The van der Waals surface area contributed by atoms with E-state index < -0.39 is 36.3 Å². The van der Waals surface area contributed by atoms with Gasteiger partial charge < -0.3 is 5.32 Å². The molecule has 10 heteroatoms. The number of nitrogens with one attached hydrogen (secondary N) is 3. The maximum atomic E-state index is 12.6. The summed E-state index contributed by atoms with van der Waals surface area (Å²) in [4.78, 5) is 11.7. The molecule has 3 unspecified atom stereocenters. The number of carbonyl (C=O) groups excluding carboxylic acids is 1. The molecule has 1 aliphatic rings. The van der Waals surface area contributed by atoms with Crippen molar-refractivity contribution in [3.05, 3.63) is 35.9 Å². The van der Waals surface area contributed by atoms with Gasteiger partial charge in [0.25, 0.3) is 0 Å². The molecule has 1 aromatic carbocycles. The van der Waals surface area contributed by atoms with Crippen LogP contribution in [0.3, 0.4) is 0 Å². The van der Waals surface area contributed by atoms with Crippen molar-refractivity contribution >= 4 is 5.91 Å². The van der Waals surface area contributed by atoms with E-state index in [4.69, 9.17) is 0 Å². The number of amides is 1. The summed E-state index contributed by atoms with van der Waals surface area (Å²) in [6.07, 6.45) is -12.5. The van der Waals surface area contributed by atoms with Crippen molar-refractivity contribution in [2.75, 3.05) is 0 Å². The Morgan fingerprint density at radius 3 is 2.08 bits per heavy atom. The van der Waals surface area contributed by atoms with Crippen LogP contribution in [-0.2, 0) is 4.79 Å². The Balaban J connectivity index is 2.21. The average Bonchev–Trinajstić information content (AvgIpc) is 2.77. The molecular formula is C14H15F6N3O. The fourth-order valence-corrected chi connectivity index (χ4v) is 2.69. The third-order valence-corrected chi connectivity index (χ3v) is 3.76. The van der Waals surface area contributed by atoms with Crippen molar-refractivity contribution < 1.29 is 31.1 Å². The van der Waals surface area contributed by atoms with Gasteiger partial charge in [0, 0.05) is 12.0 Å². The van der Waals surface area contributed by atoms with E-state index in [-0.39, 0.29) is 6.04 Å². The molecule has 1 saturated heterocycles. The van der Waals surface area contributed by atoms with Gasteiger partial charge in [0.15, 0.2) is 0 Å². The second kappa shape index (κ2) is 6.60. The van der Waals surface area contributed by atoms with Crippen molar-refractivity contribution in [2.45, 2.75) is 37.4 Å². The van der Waals surface area contributed by atoms with Crippen LogP contribution in [0.15, 0.2) is 30.3 Å². The van der Waals surface area contributed by atoms with Gasteiger partial charge in [-0.3, -0.25) is 10.2 Å². The molecule has 3 N–H and O–H groups in total. The van der Waals surface area contributed by atoms with Crippen molar-refractivity contribution in [1.82, 2.24) is 16.2 Å². The molecule has 1 aromatic rings. The third-order valence-electron chi connectivity index (χ3n) is 3.76. The largest absolute Gasteiger partial charge is 0.409 e. The molecule has 4 nitrogen and oxygen atoms in total. The smallest absolute Gasteiger partial charge is 0.338 e. The van der Waals surface area contributed by atoms with Crippen LogP contribution in [0.5, 0.6) is 0 Å². The Hall–Kier alpha value is -1.81. The van der Waals surface area contributed by atoms with Crippen molar-refractivity contribution in [1.29, 1.82) is 0 Å². The molecule has 0 aromatic heterocycles. The summed E-state index contributed by atoms with van der Waals surface area (Å²) < 4.78 is 75.7. The first kappa shape index (κ1) is 18.5. The standard InChI is InChI=1S/C14H15F6N3O/c1-7-9(8-5-3-2-4-6-8)11(23-22-7)21-12(24)10(13(15,16)17)14(18,19)20/h2-7,9-11,22-23H,1H3,(H,21,24). The zero-order valence-corrected chi connectivity index (χ0v) is 12.4. The lowest BCUT2D eigenvalue weighted by Crippen LogP contribution is -2.54. The van der Waals surface area contributed by atoms with Crippen LogP contribution in [0, 0.1) is 5.92 Å². The molecule has 0 radical (unpaired) electrons. The molecule has 0 bridgehead atoms. The molecule has 0 aliphatic carbocycles. The average molecular weight is 355 g/mol. The minimum Gasteiger partial charge on any atom is -0.338 e. The molecule has 1 fully saturated rings. The summed E-state index contributed by atoms with van der Waals surface area (Å²) in [5, 5.41) is 1.82. The van der Waals surface area contributed by atoms with E-state index in [9.17, 15) is 31.1 Å². The van der Waals surface area contributed by atoms with Gasteiger partial charge in [0.05, 0.1) is 0 Å². The first-order valence-electron chi connectivity index (χ1n) is 7.01. The van der Waals surface area contributed by atoms with E-state index in [0.717, 1.165) is 0 Å². The number of benzene rings is 1. The maximum Gasteiger partial charge on any atom is 0.409 e. The van der Waals surface area contributed by atoms with E-state index in [1.54, 1.807) is 37.3 Å². The first-order valence-corrected chi connectivity index (χ1v) is 7.01. The van der Waals surface area contributed by atoms with Crippen LogP contribution in [0.25, 0.3) is 0 Å². The fourth-order valence-electron chi connectivity index (χ4n) is 2.69. The van der Waals surface area contributed by atoms with E-state index in [0.29, 0.717) is 5.56 Å². The zero-order valence-electron chi connectivity index (χ0n) is 12.4. The number of hydrazine groups is 1. The Kier molecular flexibility index (Phi) is 5.09. The molecule has 3 atom stereocenters. The molecule has 0 saturated carbocycles. The topological polar surface area (TPSA) is 53.2 Å². The summed E-state index contributed by atoms with van der Waals surface area (Å²) in [6.45, 7) is 1.70. The summed E-state index contributed by atoms with van der Waals surface area (Å²) in [7, 11) is 0. The van der Waals surface area contributed by atoms with Crippen molar-refractivity contribution in [3.63, 3.8) is 0 Å². The maximum absolute atomic E-state index is 12.6. The SMILES string of the molecule is CC1NNC(NC(=O)C(C(F)(F)F)C(F)(F)F)C1c1ccccc1. The first-order chi connectivity index (χ1) is 11.0. The van der Waals surface area contributed by atoms with Gasteiger partial charge in [-0.25, -0.2) is 5.43 Å². The van der Waals surface area contributed by atoms with Crippen LogP contribution < -0.4 is 16.2 Å². The van der Waals surface area contributed by atoms with Gasteiger partial charge in [-0.15, -0.1) is 0 Å². The Morgan fingerprint density at radius 2 is 1.58 bits per heavy atom. The molecule has 2 rings (SSSR count). The second-order valence-electron chi connectivity index (χ2n) is 5.52. The number of hydrogen-bond donors (Lipinski definition) is 3. The van der Waals surface area contributed by atoms with Crippen molar-refractivity contribution in [3.8, 4) is 0 Å². The van der Waals surface area contributed by atoms with Crippen LogP contribution >= 0.6 is 0 Å². The Labute approximate surface area is 133 Å². The summed E-state index contributed by atoms with van der Waals surface area (Å²) >= 11 is 0. The van der Waals surface area contributed by atoms with Gasteiger partial charge in [0.1, 0.15) is 6.17 Å². The molecule has 0 spiro atoms. The number of rotatable bonds is 3. The summed E-state index contributed by atoms with van der Waals surface area (Å²) in [5.74, 6) is -6.74. The van der Waals surface area contributed by atoms with Crippen molar-refractivity contribution in [2.24, 2.45) is 5.92 Å². The minimum atomic E-state index is -5.72. The Bertz CT molecular complexity index is 560. The zero-order chi connectivity index (χ0) is 18.1. The predicted octanol–water partition coefficient (Wildman–Crippen LogP) is 2.45. The number of carbonyl (C=O) groups is 1. The lowest BCUT2D eigenvalue weighted by Gasteiger charge is -2.27. The quantitative estimate of drug-likeness (QED) is 0.730. The monoisotopic (exact) mass is 355 g/mol. The molecular weight excluding hydrogens is 340 g/mol. The van der Waals surface area contributed by atoms with E-state index in [1.807, 2.05) is 5.32 Å². The van der Waals surface area contributed by atoms with Crippen LogP contribution in [0.4, 0.5) is 26.3 Å². The summed E-state index contributed by atoms with van der Waals surface area (Å²) in [6, 6.07) is 8.15. The van der Waals surface area contributed by atoms with Crippen LogP contribution in [0.2, 0.25) is 0 Å². The highest BCUT2D eigenvalue weighted by molar-refractivity contribution is 5.80. The minimum absolute atomic E-state index is 0.312. The number of halogens is 6. The van der Waals surface area contributed by atoms with E-state index in [2.05, 4.69) is 10.9 Å². The highest BCUT2D eigenvalue weighted by Gasteiger charge is 2.61.